The average molecular weight is 413 g/mol. The van der Waals surface area contributed by atoms with Gasteiger partial charge in [-0.3, -0.25) is 4.98 Å². The van der Waals surface area contributed by atoms with Crippen LogP contribution in [-0.4, -0.2) is 48.8 Å². The molecule has 1 aliphatic carbocycles. The van der Waals surface area contributed by atoms with E-state index in [1.165, 1.54) is 0 Å². The SMILES string of the molecule is CN(C)[C@H]1CC[C@@H]2Oc3ccc(-c4cncc(Cl)c4)cc3C3(COC(N)=N3)[C@H]2C1. The highest BCUT2D eigenvalue weighted by Gasteiger charge is 2.55. The molecule has 6 nitrogen and oxygen atoms in total. The van der Waals surface area contributed by atoms with E-state index in [2.05, 4.69) is 36.1 Å². The lowest BCUT2D eigenvalue weighted by molar-refractivity contribution is -0.0155. The number of nitrogens with zero attached hydrogens (tertiary/aromatic N) is 3. The second kappa shape index (κ2) is 6.89. The van der Waals surface area contributed by atoms with Crippen molar-refractivity contribution >= 4 is 17.6 Å². The molecule has 2 aromatic rings. The Kier molecular flexibility index (Phi) is 4.44. The van der Waals surface area contributed by atoms with Gasteiger partial charge in [0.05, 0.1) is 5.02 Å². The summed E-state index contributed by atoms with van der Waals surface area (Å²) in [7, 11) is 4.28. The van der Waals surface area contributed by atoms with Gasteiger partial charge < -0.3 is 20.1 Å². The van der Waals surface area contributed by atoms with E-state index in [1.54, 1.807) is 6.20 Å². The summed E-state index contributed by atoms with van der Waals surface area (Å²) in [5, 5.41) is 0.610. The Labute approximate surface area is 175 Å². The van der Waals surface area contributed by atoms with Gasteiger partial charge in [-0.25, -0.2) is 4.99 Å². The van der Waals surface area contributed by atoms with E-state index in [0.717, 1.165) is 41.7 Å². The molecule has 29 heavy (non-hydrogen) atoms. The van der Waals surface area contributed by atoms with Crippen LogP contribution in [0.5, 0.6) is 5.75 Å². The maximum absolute atomic E-state index is 6.47. The molecule has 2 aliphatic heterocycles. The van der Waals surface area contributed by atoms with Crippen LogP contribution >= 0.6 is 11.6 Å². The Hall–Kier alpha value is -2.31. The monoisotopic (exact) mass is 412 g/mol. The van der Waals surface area contributed by atoms with Crippen molar-refractivity contribution in [3.63, 3.8) is 0 Å². The summed E-state index contributed by atoms with van der Waals surface area (Å²) in [5.74, 6) is 1.08. The molecule has 1 aromatic heterocycles. The molecule has 3 aliphatic rings. The highest BCUT2D eigenvalue weighted by molar-refractivity contribution is 6.30. The van der Waals surface area contributed by atoms with Crippen LogP contribution < -0.4 is 10.5 Å². The number of ether oxygens (including phenoxy) is 2. The number of aromatic nitrogens is 1. The summed E-state index contributed by atoms with van der Waals surface area (Å²) >= 11 is 6.16. The van der Waals surface area contributed by atoms with Crippen LogP contribution in [0.15, 0.2) is 41.7 Å². The minimum Gasteiger partial charge on any atom is -0.490 e. The first kappa shape index (κ1) is 18.7. The quantitative estimate of drug-likeness (QED) is 0.818. The van der Waals surface area contributed by atoms with Gasteiger partial charge in [0.15, 0.2) is 0 Å². The average Bonchev–Trinajstić information content (AvgIpc) is 3.10. The smallest absolute Gasteiger partial charge is 0.283 e. The third kappa shape index (κ3) is 3.06. The number of hydrogen-bond acceptors (Lipinski definition) is 6. The molecule has 0 amide bonds. The van der Waals surface area contributed by atoms with Crippen molar-refractivity contribution in [1.29, 1.82) is 0 Å². The van der Waals surface area contributed by atoms with E-state index in [4.69, 9.17) is 31.8 Å². The van der Waals surface area contributed by atoms with Crippen molar-refractivity contribution in [2.24, 2.45) is 16.6 Å². The largest absolute Gasteiger partial charge is 0.490 e. The van der Waals surface area contributed by atoms with E-state index in [0.29, 0.717) is 17.7 Å². The number of aliphatic imine (C=N–C) groups is 1. The number of halogens is 1. The number of amidine groups is 1. The molecule has 5 rings (SSSR count). The van der Waals surface area contributed by atoms with Gasteiger partial charge in [0.25, 0.3) is 6.02 Å². The highest BCUT2D eigenvalue weighted by Crippen LogP contribution is 2.53. The Morgan fingerprint density at radius 3 is 2.76 bits per heavy atom. The first-order valence-electron chi connectivity index (χ1n) is 10.0. The van der Waals surface area contributed by atoms with Crippen molar-refractivity contribution in [1.82, 2.24) is 9.88 Å². The molecule has 3 heterocycles. The molecule has 0 bridgehead atoms. The lowest BCUT2D eigenvalue weighted by atomic mass is 9.67. The number of rotatable bonds is 2. The van der Waals surface area contributed by atoms with E-state index in [-0.39, 0.29) is 18.0 Å². The predicted molar refractivity (Wildman–Crippen MR) is 113 cm³/mol. The van der Waals surface area contributed by atoms with Gasteiger partial charge in [0.2, 0.25) is 0 Å². The Balaban J connectivity index is 1.63. The van der Waals surface area contributed by atoms with E-state index in [9.17, 15) is 0 Å². The lowest BCUT2D eigenvalue weighted by Crippen LogP contribution is -2.53. The van der Waals surface area contributed by atoms with Crippen LogP contribution in [0.1, 0.15) is 24.8 Å². The van der Waals surface area contributed by atoms with Gasteiger partial charge in [-0.15, -0.1) is 0 Å². The molecular weight excluding hydrogens is 388 g/mol. The summed E-state index contributed by atoms with van der Waals surface area (Å²) in [5.41, 5.74) is 8.54. The fourth-order valence-electron chi connectivity index (χ4n) is 5.09. The van der Waals surface area contributed by atoms with Crippen molar-refractivity contribution in [3.8, 4) is 16.9 Å². The standard InChI is InChI=1S/C22H25ClN4O2/c1-27(2)16-4-6-20-18(9-16)22(12-28-21(24)26-22)17-8-13(3-5-19(17)29-20)14-7-15(23)11-25-10-14/h3,5,7-8,10-11,16,18,20H,4,6,9,12H2,1-2H3,(H2,24,26)/t16-,18-,20-,22?/m0/s1. The van der Waals surface area contributed by atoms with Gasteiger partial charge in [-0.1, -0.05) is 17.7 Å². The first-order valence-corrected chi connectivity index (χ1v) is 10.4. The van der Waals surface area contributed by atoms with Crippen LogP contribution in [-0.2, 0) is 10.3 Å². The van der Waals surface area contributed by atoms with E-state index < -0.39 is 5.54 Å². The van der Waals surface area contributed by atoms with Crippen LogP contribution in [0.25, 0.3) is 11.1 Å². The fraction of sp³-hybridized carbons (Fsp3) is 0.455. The first-order chi connectivity index (χ1) is 14.0. The maximum Gasteiger partial charge on any atom is 0.283 e. The zero-order valence-electron chi connectivity index (χ0n) is 16.6. The summed E-state index contributed by atoms with van der Waals surface area (Å²) in [6.45, 7) is 0.452. The number of fused-ring (bicyclic) bond motifs is 4. The Morgan fingerprint density at radius 2 is 2.03 bits per heavy atom. The van der Waals surface area contributed by atoms with Crippen LogP contribution in [0.4, 0.5) is 0 Å². The zero-order valence-corrected chi connectivity index (χ0v) is 17.4. The molecule has 0 radical (unpaired) electrons. The number of nitrogens with two attached hydrogens (primary N) is 1. The number of pyridine rings is 1. The van der Waals surface area contributed by atoms with Crippen molar-refractivity contribution < 1.29 is 9.47 Å². The Morgan fingerprint density at radius 1 is 1.17 bits per heavy atom. The molecule has 152 valence electrons. The minimum atomic E-state index is -0.515. The maximum atomic E-state index is 6.47. The zero-order chi connectivity index (χ0) is 20.2. The highest BCUT2D eigenvalue weighted by atomic mass is 35.5. The topological polar surface area (TPSA) is 73.0 Å². The number of benzene rings is 1. The fourth-order valence-corrected chi connectivity index (χ4v) is 5.26. The molecule has 0 saturated heterocycles. The third-order valence-electron chi connectivity index (χ3n) is 6.62. The van der Waals surface area contributed by atoms with Crippen LogP contribution in [0.3, 0.4) is 0 Å². The van der Waals surface area contributed by atoms with Gasteiger partial charge in [-0.2, -0.15) is 0 Å². The molecule has 1 aromatic carbocycles. The van der Waals surface area contributed by atoms with Gasteiger partial charge in [0.1, 0.15) is 24.0 Å². The lowest BCUT2D eigenvalue weighted by Gasteiger charge is -2.49. The van der Waals surface area contributed by atoms with Crippen molar-refractivity contribution in [2.45, 2.75) is 36.9 Å². The second-order valence-electron chi connectivity index (χ2n) is 8.46. The number of hydrogen-bond donors (Lipinski definition) is 1. The molecule has 1 saturated carbocycles. The van der Waals surface area contributed by atoms with Crippen LogP contribution in [0, 0.1) is 5.92 Å². The molecule has 2 N–H and O–H groups in total. The molecular formula is C22H25ClN4O2. The van der Waals surface area contributed by atoms with Crippen molar-refractivity contribution in [2.75, 3.05) is 20.7 Å². The summed E-state index contributed by atoms with van der Waals surface area (Å²) in [4.78, 5) is 11.4. The van der Waals surface area contributed by atoms with Crippen molar-refractivity contribution in [3.05, 3.63) is 47.2 Å². The van der Waals surface area contributed by atoms with Crippen LogP contribution in [0.2, 0.25) is 5.02 Å². The van der Waals surface area contributed by atoms with Gasteiger partial charge in [-0.05, 0) is 57.1 Å². The van der Waals surface area contributed by atoms with Gasteiger partial charge in [0, 0.05) is 35.5 Å². The molecule has 1 fully saturated rings. The molecule has 1 unspecified atom stereocenters. The van der Waals surface area contributed by atoms with E-state index in [1.807, 2.05) is 18.3 Å². The molecule has 1 spiro atoms. The predicted octanol–water partition coefficient (Wildman–Crippen LogP) is 3.43. The minimum absolute atomic E-state index is 0.121. The molecule has 4 atom stereocenters. The summed E-state index contributed by atoms with van der Waals surface area (Å²) in [6, 6.07) is 8.90. The normalized spacial score (nSPS) is 30.3. The Bertz CT molecular complexity index is 979. The summed E-state index contributed by atoms with van der Waals surface area (Å²) in [6.07, 6.45) is 6.70. The van der Waals surface area contributed by atoms with Gasteiger partial charge >= 0.3 is 0 Å². The summed E-state index contributed by atoms with van der Waals surface area (Å²) < 4.78 is 12.2. The third-order valence-corrected chi connectivity index (χ3v) is 6.82. The van der Waals surface area contributed by atoms with E-state index >= 15 is 0 Å². The second-order valence-corrected chi connectivity index (χ2v) is 8.90. The molecule has 7 heteroatoms.